The monoisotopic (exact) mass is 439 g/mol. The van der Waals surface area contributed by atoms with Crippen LogP contribution in [0.2, 0.25) is 0 Å². The normalized spacial score (nSPS) is 24.7. The number of ether oxygens (including phenoxy) is 1. The van der Waals surface area contributed by atoms with Crippen molar-refractivity contribution in [2.24, 2.45) is 4.99 Å². The van der Waals surface area contributed by atoms with Gasteiger partial charge in [-0.15, -0.1) is 0 Å². The zero-order chi connectivity index (χ0) is 21.1. The quantitative estimate of drug-likeness (QED) is 0.327. The lowest BCUT2D eigenvalue weighted by atomic mass is 9.80. The van der Waals surface area contributed by atoms with E-state index >= 15 is 0 Å². The minimum absolute atomic E-state index is 0.298. The van der Waals surface area contributed by atoms with Gasteiger partial charge in [-0.3, -0.25) is 9.89 Å². The molecule has 3 fully saturated rings. The van der Waals surface area contributed by atoms with E-state index in [9.17, 15) is 0 Å². The Kier molecular flexibility index (Phi) is 10.6. The third-order valence-corrected chi connectivity index (χ3v) is 8.04. The molecule has 0 aromatic heterocycles. The number of guanidine groups is 1. The number of nitrogens with one attached hydrogen (secondary N) is 2. The van der Waals surface area contributed by atoms with Crippen molar-refractivity contribution in [2.75, 3.05) is 71.0 Å². The molecule has 174 valence electrons. The number of piperidine rings is 1. The van der Waals surface area contributed by atoms with E-state index in [1.54, 1.807) is 7.11 Å². The highest BCUT2D eigenvalue weighted by atomic mass is 32.2. The summed E-state index contributed by atoms with van der Waals surface area (Å²) in [6, 6.07) is 0.537. The summed E-state index contributed by atoms with van der Waals surface area (Å²) in [6.07, 6.45) is 10.3. The fourth-order valence-corrected chi connectivity index (χ4v) is 6.20. The highest BCUT2D eigenvalue weighted by Gasteiger charge is 2.38. The lowest BCUT2D eigenvalue weighted by Crippen LogP contribution is -2.56. The van der Waals surface area contributed by atoms with Crippen molar-refractivity contribution >= 4 is 17.7 Å². The van der Waals surface area contributed by atoms with E-state index in [4.69, 9.17) is 9.73 Å². The van der Waals surface area contributed by atoms with Gasteiger partial charge in [0, 0.05) is 76.1 Å². The van der Waals surface area contributed by atoms with Crippen LogP contribution in [0.1, 0.15) is 58.3 Å². The van der Waals surface area contributed by atoms with Crippen molar-refractivity contribution in [1.82, 2.24) is 20.4 Å². The van der Waals surface area contributed by atoms with Gasteiger partial charge in [-0.2, -0.15) is 11.8 Å². The molecule has 2 saturated heterocycles. The molecule has 2 N–H and O–H groups in total. The molecular formula is C23H45N5OS. The van der Waals surface area contributed by atoms with Crippen LogP contribution in [0.15, 0.2) is 4.99 Å². The summed E-state index contributed by atoms with van der Waals surface area (Å²) >= 11 is 2.11. The van der Waals surface area contributed by atoms with Crippen LogP contribution in [0.5, 0.6) is 0 Å². The van der Waals surface area contributed by atoms with E-state index in [-0.39, 0.29) is 0 Å². The van der Waals surface area contributed by atoms with E-state index in [1.165, 1.54) is 82.6 Å². The number of rotatable bonds is 9. The second-order valence-corrected chi connectivity index (χ2v) is 10.4. The van der Waals surface area contributed by atoms with Crippen molar-refractivity contribution in [1.29, 1.82) is 0 Å². The van der Waals surface area contributed by atoms with E-state index < -0.39 is 0 Å². The van der Waals surface area contributed by atoms with Gasteiger partial charge >= 0.3 is 0 Å². The number of hydrogen-bond donors (Lipinski definition) is 2. The molecule has 2 aliphatic heterocycles. The van der Waals surface area contributed by atoms with Crippen molar-refractivity contribution in [3.63, 3.8) is 0 Å². The Morgan fingerprint density at radius 1 is 1.10 bits per heavy atom. The van der Waals surface area contributed by atoms with Gasteiger partial charge < -0.3 is 20.3 Å². The smallest absolute Gasteiger partial charge is 0.191 e. The third kappa shape index (κ3) is 7.28. The van der Waals surface area contributed by atoms with Gasteiger partial charge in [0.1, 0.15) is 0 Å². The molecule has 0 radical (unpaired) electrons. The summed E-state index contributed by atoms with van der Waals surface area (Å²) in [5.74, 6) is 3.60. The Balaban J connectivity index is 1.54. The average molecular weight is 440 g/mol. The van der Waals surface area contributed by atoms with Crippen LogP contribution in [0, 0.1) is 0 Å². The van der Waals surface area contributed by atoms with Crippen molar-refractivity contribution in [3.05, 3.63) is 0 Å². The van der Waals surface area contributed by atoms with Crippen LogP contribution >= 0.6 is 11.8 Å². The fourth-order valence-electron chi connectivity index (χ4n) is 5.29. The molecule has 0 atom stereocenters. The second-order valence-electron chi connectivity index (χ2n) is 9.19. The van der Waals surface area contributed by atoms with E-state index in [0.29, 0.717) is 11.6 Å². The first-order chi connectivity index (χ1) is 14.8. The lowest BCUT2D eigenvalue weighted by molar-refractivity contribution is 0.0671. The molecule has 6 nitrogen and oxygen atoms in total. The summed E-state index contributed by atoms with van der Waals surface area (Å²) < 4.78 is 5.19. The third-order valence-electron chi connectivity index (χ3n) is 7.09. The number of methoxy groups -OCH3 is 1. The second kappa shape index (κ2) is 13.1. The molecule has 0 amide bonds. The standard InChI is InChI=1S/C23H45N5OS/c1-3-24-22(26-21-8-13-27(14-9-21)12-7-17-29-2)25-20-23(10-5-4-6-11-23)28-15-18-30-19-16-28/h21H,3-20H2,1-2H3,(H2,24,25,26). The summed E-state index contributed by atoms with van der Waals surface area (Å²) in [4.78, 5) is 10.5. The maximum absolute atomic E-state index is 5.19. The molecule has 2 heterocycles. The van der Waals surface area contributed by atoms with Gasteiger partial charge in [-0.1, -0.05) is 19.3 Å². The van der Waals surface area contributed by atoms with Crippen LogP contribution in [0.25, 0.3) is 0 Å². The first-order valence-corrected chi connectivity index (χ1v) is 13.5. The SMILES string of the molecule is CCNC(=NCC1(N2CCSCC2)CCCCC1)NC1CCN(CCCOC)CC1. The molecule has 0 unspecified atom stereocenters. The van der Waals surface area contributed by atoms with Crippen molar-refractivity contribution in [2.45, 2.75) is 69.9 Å². The Labute approximate surface area is 189 Å². The minimum Gasteiger partial charge on any atom is -0.385 e. The molecule has 0 aromatic carbocycles. The predicted octanol–water partition coefficient (Wildman–Crippen LogP) is 2.79. The van der Waals surface area contributed by atoms with Crippen LogP contribution in [0.4, 0.5) is 0 Å². The van der Waals surface area contributed by atoms with Crippen LogP contribution < -0.4 is 10.6 Å². The van der Waals surface area contributed by atoms with Gasteiger partial charge in [0.05, 0.1) is 6.54 Å². The summed E-state index contributed by atoms with van der Waals surface area (Å²) in [5, 5.41) is 7.30. The topological polar surface area (TPSA) is 52.1 Å². The number of aliphatic imine (C=N–C) groups is 1. The van der Waals surface area contributed by atoms with Crippen molar-refractivity contribution in [3.8, 4) is 0 Å². The number of nitrogens with zero attached hydrogens (tertiary/aromatic N) is 3. The Hall–Kier alpha value is -0.500. The molecule has 3 rings (SSSR count). The molecular weight excluding hydrogens is 394 g/mol. The van der Waals surface area contributed by atoms with Gasteiger partial charge in [0.2, 0.25) is 0 Å². The number of likely N-dealkylation sites (tertiary alicyclic amines) is 1. The highest BCUT2D eigenvalue weighted by molar-refractivity contribution is 7.99. The zero-order valence-electron chi connectivity index (χ0n) is 19.5. The van der Waals surface area contributed by atoms with E-state index in [0.717, 1.165) is 38.6 Å². The van der Waals surface area contributed by atoms with Crippen LogP contribution in [-0.2, 0) is 4.74 Å². The van der Waals surface area contributed by atoms with Gasteiger partial charge in [-0.05, 0) is 39.0 Å². The largest absolute Gasteiger partial charge is 0.385 e. The number of hydrogen-bond acceptors (Lipinski definition) is 5. The maximum atomic E-state index is 5.19. The molecule has 0 spiro atoms. The molecule has 0 bridgehead atoms. The first kappa shape index (κ1) is 24.1. The summed E-state index contributed by atoms with van der Waals surface area (Å²) in [5.41, 5.74) is 0.298. The molecule has 0 aromatic rings. The van der Waals surface area contributed by atoms with Crippen LogP contribution in [0.3, 0.4) is 0 Å². The molecule has 7 heteroatoms. The van der Waals surface area contributed by atoms with Gasteiger partial charge in [-0.25, -0.2) is 0 Å². The molecule has 30 heavy (non-hydrogen) atoms. The highest BCUT2D eigenvalue weighted by Crippen LogP contribution is 2.35. The Bertz CT molecular complexity index is 498. The Morgan fingerprint density at radius 2 is 1.83 bits per heavy atom. The summed E-state index contributed by atoms with van der Waals surface area (Å²) in [6.45, 7) is 10.9. The zero-order valence-corrected chi connectivity index (χ0v) is 20.3. The van der Waals surface area contributed by atoms with Gasteiger partial charge in [0.25, 0.3) is 0 Å². The average Bonchev–Trinajstić information content (AvgIpc) is 2.80. The lowest BCUT2D eigenvalue weighted by Gasteiger charge is -2.47. The number of thioether (sulfide) groups is 1. The van der Waals surface area contributed by atoms with E-state index in [2.05, 4.69) is 39.1 Å². The van der Waals surface area contributed by atoms with E-state index in [1.807, 2.05) is 0 Å². The minimum atomic E-state index is 0.298. The first-order valence-electron chi connectivity index (χ1n) is 12.3. The molecule has 1 saturated carbocycles. The molecule has 3 aliphatic rings. The van der Waals surface area contributed by atoms with Crippen molar-refractivity contribution < 1.29 is 4.74 Å². The maximum Gasteiger partial charge on any atom is 0.191 e. The Morgan fingerprint density at radius 3 is 2.50 bits per heavy atom. The fraction of sp³-hybridized carbons (Fsp3) is 0.957. The predicted molar refractivity (Wildman–Crippen MR) is 130 cm³/mol. The molecule has 1 aliphatic carbocycles. The summed E-state index contributed by atoms with van der Waals surface area (Å²) in [7, 11) is 1.79. The van der Waals surface area contributed by atoms with Gasteiger partial charge in [0.15, 0.2) is 5.96 Å². The van der Waals surface area contributed by atoms with Crippen LogP contribution in [-0.4, -0.2) is 98.4 Å².